The molecule has 0 aromatic carbocycles. The lowest BCUT2D eigenvalue weighted by atomic mass is 10.0. The Morgan fingerprint density at radius 3 is 1.38 bits per heavy atom. The zero-order chi connectivity index (χ0) is 35.0. The summed E-state index contributed by atoms with van der Waals surface area (Å²) in [5, 5.41) is 22.9. The molecule has 0 saturated heterocycles. The van der Waals surface area contributed by atoms with Crippen molar-refractivity contribution in [1.82, 2.24) is 5.32 Å². The highest BCUT2D eigenvalue weighted by molar-refractivity contribution is 5.76. The third-order valence-corrected chi connectivity index (χ3v) is 9.28. The standard InChI is InChI=1S/C44H81NO3/c1-3-5-7-9-11-13-15-17-19-21-22-24-26-28-30-32-34-36-38-40-44(48)45-42(41-46)43(47)39-37-35-33-31-29-27-25-23-20-18-16-14-12-10-8-6-4-2/h11,13,17,19,29,31,37,39,42-43,46-47H,3-10,12,14-16,18,20-28,30,32-36,38,40-41H2,1-2H3,(H,45,48)/b13-11-,19-17-,31-29+,39-37+. The minimum atomic E-state index is -0.863. The van der Waals surface area contributed by atoms with Crippen LogP contribution in [0.5, 0.6) is 0 Å². The van der Waals surface area contributed by atoms with Crippen molar-refractivity contribution in [2.45, 2.75) is 219 Å². The quantitative estimate of drug-likeness (QED) is 0.0455. The Kier molecular flexibility index (Phi) is 38.4. The van der Waals surface area contributed by atoms with Crippen molar-refractivity contribution < 1.29 is 15.0 Å². The van der Waals surface area contributed by atoms with E-state index in [-0.39, 0.29) is 12.5 Å². The fourth-order valence-electron chi connectivity index (χ4n) is 6.05. The van der Waals surface area contributed by atoms with E-state index in [1.807, 2.05) is 6.08 Å². The van der Waals surface area contributed by atoms with Crippen molar-refractivity contribution in [1.29, 1.82) is 0 Å². The second kappa shape index (κ2) is 39.8. The Hall–Kier alpha value is -1.65. The van der Waals surface area contributed by atoms with Crippen LogP contribution < -0.4 is 5.32 Å². The average Bonchev–Trinajstić information content (AvgIpc) is 3.09. The molecule has 0 aromatic heterocycles. The molecule has 4 heteroatoms. The molecule has 48 heavy (non-hydrogen) atoms. The van der Waals surface area contributed by atoms with Crippen LogP contribution >= 0.6 is 0 Å². The van der Waals surface area contributed by atoms with Crippen LogP contribution in [0.3, 0.4) is 0 Å². The molecule has 280 valence electrons. The molecule has 0 aliphatic rings. The van der Waals surface area contributed by atoms with Crippen LogP contribution in [0.25, 0.3) is 0 Å². The molecule has 0 aromatic rings. The summed E-state index contributed by atoms with van der Waals surface area (Å²) in [5.41, 5.74) is 0. The van der Waals surface area contributed by atoms with E-state index in [2.05, 4.69) is 55.6 Å². The molecule has 0 fully saturated rings. The van der Waals surface area contributed by atoms with E-state index in [4.69, 9.17) is 0 Å². The lowest BCUT2D eigenvalue weighted by Crippen LogP contribution is -2.45. The normalized spacial score (nSPS) is 13.5. The van der Waals surface area contributed by atoms with Crippen molar-refractivity contribution in [3.63, 3.8) is 0 Å². The first-order valence-corrected chi connectivity index (χ1v) is 20.9. The molecule has 0 aliphatic heterocycles. The van der Waals surface area contributed by atoms with Gasteiger partial charge in [-0.25, -0.2) is 0 Å². The van der Waals surface area contributed by atoms with E-state index in [0.29, 0.717) is 6.42 Å². The number of amides is 1. The molecule has 2 unspecified atom stereocenters. The second-order valence-electron chi connectivity index (χ2n) is 14.0. The van der Waals surface area contributed by atoms with E-state index in [9.17, 15) is 15.0 Å². The Bertz CT molecular complexity index is 771. The number of nitrogens with one attached hydrogen (secondary N) is 1. The van der Waals surface area contributed by atoms with Gasteiger partial charge in [0, 0.05) is 6.42 Å². The lowest BCUT2D eigenvalue weighted by molar-refractivity contribution is -0.123. The summed E-state index contributed by atoms with van der Waals surface area (Å²) in [6, 6.07) is -0.641. The minimum Gasteiger partial charge on any atom is -0.394 e. The Labute approximate surface area is 299 Å². The fourth-order valence-corrected chi connectivity index (χ4v) is 6.05. The van der Waals surface area contributed by atoms with Crippen LogP contribution in [-0.2, 0) is 4.79 Å². The number of unbranched alkanes of at least 4 members (excludes halogenated alkanes) is 24. The highest BCUT2D eigenvalue weighted by Crippen LogP contribution is 2.14. The van der Waals surface area contributed by atoms with Crippen LogP contribution in [0, 0.1) is 0 Å². The SMILES string of the molecule is CCCCC/C=C\C/C=C\CCCCCCCCCCCC(=O)NC(CO)C(O)/C=C/CC/C=C/CCCCCCCCCCCCC. The molecule has 3 N–H and O–H groups in total. The third kappa shape index (κ3) is 35.7. The molecule has 0 spiro atoms. The average molecular weight is 672 g/mol. The van der Waals surface area contributed by atoms with E-state index in [0.717, 1.165) is 38.5 Å². The summed E-state index contributed by atoms with van der Waals surface area (Å²) in [5.74, 6) is -0.0797. The minimum absolute atomic E-state index is 0.0797. The molecule has 0 saturated carbocycles. The summed E-state index contributed by atoms with van der Waals surface area (Å²) >= 11 is 0. The summed E-state index contributed by atoms with van der Waals surface area (Å²) in [6.07, 6.45) is 53.5. The van der Waals surface area contributed by atoms with Gasteiger partial charge in [-0.05, 0) is 64.2 Å². The largest absolute Gasteiger partial charge is 0.394 e. The summed E-state index contributed by atoms with van der Waals surface area (Å²) < 4.78 is 0. The molecule has 0 heterocycles. The van der Waals surface area contributed by atoms with Gasteiger partial charge < -0.3 is 15.5 Å². The third-order valence-electron chi connectivity index (χ3n) is 9.28. The number of aliphatic hydroxyl groups is 2. The van der Waals surface area contributed by atoms with Crippen LogP contribution in [0.4, 0.5) is 0 Å². The van der Waals surface area contributed by atoms with Gasteiger partial charge in [0.2, 0.25) is 5.91 Å². The zero-order valence-corrected chi connectivity index (χ0v) is 32.0. The zero-order valence-electron chi connectivity index (χ0n) is 32.0. The van der Waals surface area contributed by atoms with Crippen LogP contribution in [0.1, 0.15) is 206 Å². The number of hydrogen-bond acceptors (Lipinski definition) is 3. The van der Waals surface area contributed by atoms with Crippen molar-refractivity contribution >= 4 is 5.91 Å². The van der Waals surface area contributed by atoms with Gasteiger partial charge in [-0.2, -0.15) is 0 Å². The number of rotatable bonds is 37. The maximum atomic E-state index is 12.4. The van der Waals surface area contributed by atoms with Crippen LogP contribution in [-0.4, -0.2) is 34.9 Å². The van der Waals surface area contributed by atoms with Gasteiger partial charge in [0.15, 0.2) is 0 Å². The monoisotopic (exact) mass is 672 g/mol. The Morgan fingerprint density at radius 2 is 0.875 bits per heavy atom. The van der Waals surface area contributed by atoms with E-state index >= 15 is 0 Å². The fraction of sp³-hybridized carbons (Fsp3) is 0.795. The molecule has 2 atom stereocenters. The highest BCUT2D eigenvalue weighted by atomic mass is 16.3. The smallest absolute Gasteiger partial charge is 0.220 e. The molecule has 0 aliphatic carbocycles. The van der Waals surface area contributed by atoms with E-state index < -0.39 is 12.1 Å². The van der Waals surface area contributed by atoms with Crippen molar-refractivity contribution in [3.05, 3.63) is 48.6 Å². The Morgan fingerprint density at radius 1 is 0.500 bits per heavy atom. The van der Waals surface area contributed by atoms with Gasteiger partial charge in [-0.3, -0.25) is 4.79 Å². The van der Waals surface area contributed by atoms with Crippen LogP contribution in [0.2, 0.25) is 0 Å². The van der Waals surface area contributed by atoms with Crippen molar-refractivity contribution in [2.24, 2.45) is 0 Å². The first kappa shape index (κ1) is 46.4. The number of allylic oxidation sites excluding steroid dienone is 7. The molecular formula is C44H81NO3. The molecule has 1 amide bonds. The lowest BCUT2D eigenvalue weighted by Gasteiger charge is -2.19. The number of carbonyl (C=O) groups is 1. The first-order valence-electron chi connectivity index (χ1n) is 20.9. The number of carbonyl (C=O) groups excluding carboxylic acids is 1. The van der Waals surface area contributed by atoms with Crippen molar-refractivity contribution in [2.75, 3.05) is 6.61 Å². The van der Waals surface area contributed by atoms with Crippen LogP contribution in [0.15, 0.2) is 48.6 Å². The van der Waals surface area contributed by atoms with Gasteiger partial charge in [-0.1, -0.05) is 184 Å². The molecule has 0 radical (unpaired) electrons. The van der Waals surface area contributed by atoms with Gasteiger partial charge in [0.05, 0.1) is 18.8 Å². The number of aliphatic hydroxyl groups excluding tert-OH is 2. The maximum absolute atomic E-state index is 12.4. The summed E-state index contributed by atoms with van der Waals surface area (Å²) in [6.45, 7) is 4.27. The van der Waals surface area contributed by atoms with Gasteiger partial charge >= 0.3 is 0 Å². The van der Waals surface area contributed by atoms with E-state index in [1.54, 1.807) is 6.08 Å². The molecule has 0 bridgehead atoms. The molecule has 4 nitrogen and oxygen atoms in total. The Balaban J connectivity index is 3.64. The first-order chi connectivity index (χ1) is 23.7. The van der Waals surface area contributed by atoms with E-state index in [1.165, 1.54) is 148 Å². The predicted octanol–water partition coefficient (Wildman–Crippen LogP) is 12.8. The number of hydrogen-bond donors (Lipinski definition) is 3. The molecular weight excluding hydrogens is 590 g/mol. The van der Waals surface area contributed by atoms with Gasteiger partial charge in [0.1, 0.15) is 0 Å². The summed E-state index contributed by atoms with van der Waals surface area (Å²) in [7, 11) is 0. The molecule has 0 rings (SSSR count). The highest BCUT2D eigenvalue weighted by Gasteiger charge is 2.17. The van der Waals surface area contributed by atoms with Crippen molar-refractivity contribution in [3.8, 4) is 0 Å². The van der Waals surface area contributed by atoms with Gasteiger partial charge in [0.25, 0.3) is 0 Å². The summed E-state index contributed by atoms with van der Waals surface area (Å²) in [4.78, 5) is 12.4. The predicted molar refractivity (Wildman–Crippen MR) is 211 cm³/mol. The van der Waals surface area contributed by atoms with Gasteiger partial charge in [-0.15, -0.1) is 0 Å². The second-order valence-corrected chi connectivity index (χ2v) is 14.0. The maximum Gasteiger partial charge on any atom is 0.220 e. The topological polar surface area (TPSA) is 69.6 Å².